The van der Waals surface area contributed by atoms with Crippen molar-refractivity contribution < 1.29 is 4.74 Å². The quantitative estimate of drug-likeness (QED) is 0.891. The van der Waals surface area contributed by atoms with Crippen LogP contribution in [0.2, 0.25) is 0 Å². The third kappa shape index (κ3) is 2.84. The van der Waals surface area contributed by atoms with Gasteiger partial charge in [0, 0.05) is 23.4 Å². The van der Waals surface area contributed by atoms with Crippen LogP contribution in [0, 0.1) is 6.92 Å². The highest BCUT2D eigenvalue weighted by Crippen LogP contribution is 2.19. The maximum Gasteiger partial charge on any atom is 0.159 e. The number of ether oxygens (including phenoxy) is 1. The van der Waals surface area contributed by atoms with Crippen LogP contribution in [0.4, 0.5) is 0 Å². The number of methoxy groups -OCH3 is 1. The molecule has 0 unspecified atom stereocenters. The number of hydrogen-bond donors (Lipinski definition) is 1. The topological polar surface area (TPSA) is 61.0 Å². The number of aromatic nitrogens is 2. The second-order valence-electron chi connectivity index (χ2n) is 4.09. The van der Waals surface area contributed by atoms with Crippen LogP contribution < -0.4 is 10.5 Å². The van der Waals surface area contributed by atoms with Crippen molar-refractivity contribution in [3.05, 3.63) is 41.7 Å². The summed E-state index contributed by atoms with van der Waals surface area (Å²) in [6, 6.07) is 9.70. The minimum Gasteiger partial charge on any atom is -0.497 e. The molecule has 2 N–H and O–H groups in total. The number of rotatable bonds is 4. The number of nitrogens with zero attached hydrogens (tertiary/aromatic N) is 2. The Morgan fingerprint density at radius 3 is 2.50 bits per heavy atom. The molecule has 0 fully saturated rings. The van der Waals surface area contributed by atoms with E-state index in [4.69, 9.17) is 10.5 Å². The van der Waals surface area contributed by atoms with Gasteiger partial charge in [-0.05, 0) is 43.8 Å². The van der Waals surface area contributed by atoms with Crippen LogP contribution in [0.25, 0.3) is 11.4 Å². The molecule has 0 saturated heterocycles. The second kappa shape index (κ2) is 5.60. The maximum atomic E-state index is 5.56. The lowest BCUT2D eigenvalue weighted by atomic mass is 10.2. The zero-order valence-electron chi connectivity index (χ0n) is 10.7. The normalized spacial score (nSPS) is 10.4. The predicted octanol–water partition coefficient (Wildman–Crippen LogP) is 1.96. The summed E-state index contributed by atoms with van der Waals surface area (Å²) in [6.07, 6.45) is 0.770. The van der Waals surface area contributed by atoms with Crippen molar-refractivity contribution in [3.63, 3.8) is 0 Å². The molecule has 1 aromatic carbocycles. The molecule has 4 heteroatoms. The highest BCUT2D eigenvalue weighted by molar-refractivity contribution is 5.56. The fourth-order valence-electron chi connectivity index (χ4n) is 1.78. The third-order valence-electron chi connectivity index (χ3n) is 2.66. The van der Waals surface area contributed by atoms with Gasteiger partial charge in [-0.1, -0.05) is 0 Å². The number of nitrogens with two attached hydrogens (primary N) is 1. The maximum absolute atomic E-state index is 5.56. The summed E-state index contributed by atoms with van der Waals surface area (Å²) < 4.78 is 5.13. The lowest BCUT2D eigenvalue weighted by Crippen LogP contribution is -2.06. The van der Waals surface area contributed by atoms with Crippen LogP contribution in [-0.2, 0) is 6.42 Å². The van der Waals surface area contributed by atoms with Gasteiger partial charge in [-0.25, -0.2) is 9.97 Å². The van der Waals surface area contributed by atoms with Gasteiger partial charge in [0.25, 0.3) is 0 Å². The molecule has 0 saturated carbocycles. The van der Waals surface area contributed by atoms with Gasteiger partial charge in [-0.2, -0.15) is 0 Å². The van der Waals surface area contributed by atoms with Crippen molar-refractivity contribution in [2.75, 3.05) is 13.7 Å². The number of benzene rings is 1. The summed E-state index contributed by atoms with van der Waals surface area (Å²) in [5.74, 6) is 1.56. The van der Waals surface area contributed by atoms with Crippen molar-refractivity contribution in [1.29, 1.82) is 0 Å². The van der Waals surface area contributed by atoms with E-state index in [1.807, 2.05) is 37.3 Å². The van der Waals surface area contributed by atoms with Gasteiger partial charge in [-0.3, -0.25) is 0 Å². The van der Waals surface area contributed by atoms with Gasteiger partial charge >= 0.3 is 0 Å². The largest absolute Gasteiger partial charge is 0.497 e. The highest BCUT2D eigenvalue weighted by atomic mass is 16.5. The zero-order valence-corrected chi connectivity index (χ0v) is 10.7. The molecule has 0 aliphatic heterocycles. The Kier molecular flexibility index (Phi) is 3.89. The van der Waals surface area contributed by atoms with Crippen molar-refractivity contribution in [1.82, 2.24) is 9.97 Å². The van der Waals surface area contributed by atoms with Crippen LogP contribution in [0.15, 0.2) is 30.3 Å². The molecule has 0 radical (unpaired) electrons. The Bertz CT molecular complexity index is 523. The van der Waals surface area contributed by atoms with Gasteiger partial charge in [0.1, 0.15) is 5.75 Å². The van der Waals surface area contributed by atoms with Gasteiger partial charge < -0.3 is 10.5 Å². The van der Waals surface area contributed by atoms with Gasteiger partial charge in [0.2, 0.25) is 0 Å². The van der Waals surface area contributed by atoms with E-state index in [-0.39, 0.29) is 0 Å². The molecule has 0 amide bonds. The van der Waals surface area contributed by atoms with Crippen LogP contribution in [0.3, 0.4) is 0 Å². The molecule has 18 heavy (non-hydrogen) atoms. The van der Waals surface area contributed by atoms with Gasteiger partial charge in [0.05, 0.1) is 7.11 Å². The van der Waals surface area contributed by atoms with Gasteiger partial charge in [-0.15, -0.1) is 0 Å². The Hall–Kier alpha value is -1.94. The molecule has 1 heterocycles. The summed E-state index contributed by atoms with van der Waals surface area (Å²) in [7, 11) is 1.65. The summed E-state index contributed by atoms with van der Waals surface area (Å²) in [4.78, 5) is 8.97. The van der Waals surface area contributed by atoms with Crippen molar-refractivity contribution in [2.45, 2.75) is 13.3 Å². The molecule has 0 spiro atoms. The first-order chi connectivity index (χ1) is 8.72. The Morgan fingerprint density at radius 2 is 1.89 bits per heavy atom. The standard InChI is InChI=1S/C14H17N3O/c1-10-9-12(7-8-15)17-14(16-10)11-3-5-13(18-2)6-4-11/h3-6,9H,7-8,15H2,1-2H3. The molecule has 94 valence electrons. The van der Waals surface area contributed by atoms with Crippen molar-refractivity contribution in [3.8, 4) is 17.1 Å². The SMILES string of the molecule is COc1ccc(-c2nc(C)cc(CCN)n2)cc1. The Morgan fingerprint density at radius 1 is 1.17 bits per heavy atom. The smallest absolute Gasteiger partial charge is 0.159 e. The summed E-state index contributed by atoms with van der Waals surface area (Å²) >= 11 is 0. The van der Waals surface area contributed by atoms with Crippen molar-refractivity contribution in [2.24, 2.45) is 5.73 Å². The monoisotopic (exact) mass is 243 g/mol. The van der Waals surface area contributed by atoms with E-state index >= 15 is 0 Å². The molecule has 0 aliphatic carbocycles. The predicted molar refractivity (Wildman–Crippen MR) is 71.5 cm³/mol. The molecule has 2 aromatic rings. The zero-order chi connectivity index (χ0) is 13.0. The first-order valence-corrected chi connectivity index (χ1v) is 5.92. The fraction of sp³-hybridized carbons (Fsp3) is 0.286. The van der Waals surface area contributed by atoms with Crippen LogP contribution in [0.5, 0.6) is 5.75 Å². The third-order valence-corrected chi connectivity index (χ3v) is 2.66. The fourth-order valence-corrected chi connectivity index (χ4v) is 1.78. The first-order valence-electron chi connectivity index (χ1n) is 5.92. The van der Waals surface area contributed by atoms with Crippen LogP contribution in [-0.4, -0.2) is 23.6 Å². The summed E-state index contributed by atoms with van der Waals surface area (Å²) in [5, 5.41) is 0. The Balaban J connectivity index is 2.36. The summed E-state index contributed by atoms with van der Waals surface area (Å²) in [6.45, 7) is 2.56. The van der Waals surface area contributed by atoms with Gasteiger partial charge in [0.15, 0.2) is 5.82 Å². The highest BCUT2D eigenvalue weighted by Gasteiger charge is 2.05. The molecular formula is C14H17N3O. The van der Waals surface area contributed by atoms with E-state index in [2.05, 4.69) is 9.97 Å². The minimum atomic E-state index is 0.596. The van der Waals surface area contributed by atoms with E-state index in [9.17, 15) is 0 Å². The second-order valence-corrected chi connectivity index (χ2v) is 4.09. The first kappa shape index (κ1) is 12.5. The average molecular weight is 243 g/mol. The van der Waals surface area contributed by atoms with E-state index in [1.165, 1.54) is 0 Å². The van der Waals surface area contributed by atoms with Crippen LogP contribution in [0.1, 0.15) is 11.4 Å². The minimum absolute atomic E-state index is 0.596. The molecular weight excluding hydrogens is 226 g/mol. The van der Waals surface area contributed by atoms with E-state index in [1.54, 1.807) is 7.11 Å². The number of aryl methyl sites for hydroxylation is 1. The molecule has 0 aliphatic rings. The lowest BCUT2D eigenvalue weighted by molar-refractivity contribution is 0.415. The lowest BCUT2D eigenvalue weighted by Gasteiger charge is -2.06. The number of hydrogen-bond acceptors (Lipinski definition) is 4. The molecule has 2 rings (SSSR count). The van der Waals surface area contributed by atoms with Crippen molar-refractivity contribution >= 4 is 0 Å². The Labute approximate surface area is 107 Å². The van der Waals surface area contributed by atoms with E-state index in [0.717, 1.165) is 34.9 Å². The van der Waals surface area contributed by atoms with E-state index in [0.29, 0.717) is 6.54 Å². The molecule has 1 aromatic heterocycles. The molecule has 0 bridgehead atoms. The van der Waals surface area contributed by atoms with Crippen LogP contribution >= 0.6 is 0 Å². The summed E-state index contributed by atoms with van der Waals surface area (Å²) in [5.41, 5.74) is 8.48. The molecule has 4 nitrogen and oxygen atoms in total. The average Bonchev–Trinajstić information content (AvgIpc) is 2.38. The van der Waals surface area contributed by atoms with E-state index < -0.39 is 0 Å². The molecule has 0 atom stereocenters.